The van der Waals surface area contributed by atoms with Crippen LogP contribution in [0, 0.1) is 5.82 Å². The van der Waals surface area contributed by atoms with Crippen LogP contribution < -0.4 is 15.4 Å². The number of piperazine rings is 1. The Balaban J connectivity index is 1.23. The summed E-state index contributed by atoms with van der Waals surface area (Å²) in [4.78, 5) is 28.9. The third kappa shape index (κ3) is 4.37. The van der Waals surface area contributed by atoms with Gasteiger partial charge in [0.2, 0.25) is 5.91 Å². The smallest absolute Gasteiger partial charge is 0.319 e. The maximum absolute atomic E-state index is 16.8. The molecule has 1 amide bonds. The number of anilines is 1. The van der Waals surface area contributed by atoms with E-state index < -0.39 is 5.82 Å². The number of hydrogen-bond donors (Lipinski definition) is 2. The molecular formula is C34H37FN6O3. The lowest BCUT2D eigenvalue weighted by Crippen LogP contribution is -2.57. The summed E-state index contributed by atoms with van der Waals surface area (Å²) in [6.07, 6.45) is 6.27. The largest absolute Gasteiger partial charge is 0.508 e. The van der Waals surface area contributed by atoms with Gasteiger partial charge in [-0.2, -0.15) is 9.97 Å². The topological polar surface area (TPSA) is 108 Å². The zero-order valence-electron chi connectivity index (χ0n) is 24.7. The number of benzene rings is 3. The number of halogens is 1. The molecule has 0 aliphatic carbocycles. The molecule has 5 heterocycles. The third-order valence-electron chi connectivity index (χ3n) is 10.4. The number of carbonyl (C=O) groups is 1. The monoisotopic (exact) mass is 596 g/mol. The third-order valence-corrected chi connectivity index (χ3v) is 10.4. The van der Waals surface area contributed by atoms with Crippen LogP contribution in [0.4, 0.5) is 10.2 Å². The normalized spacial score (nSPS) is 22.7. The Morgan fingerprint density at radius 2 is 1.75 bits per heavy atom. The fraction of sp³-hybridized carbons (Fsp3) is 0.441. The van der Waals surface area contributed by atoms with E-state index in [1.54, 1.807) is 18.2 Å². The maximum Gasteiger partial charge on any atom is 0.319 e. The van der Waals surface area contributed by atoms with Gasteiger partial charge in [0.05, 0.1) is 12.1 Å². The number of nitrogens with zero attached hydrogens (tertiary/aromatic N) is 5. The second-order valence-corrected chi connectivity index (χ2v) is 12.9. The molecular weight excluding hydrogens is 559 g/mol. The summed E-state index contributed by atoms with van der Waals surface area (Å²) in [6.45, 7) is 3.81. The second-order valence-electron chi connectivity index (χ2n) is 12.9. The molecule has 0 saturated carbocycles. The summed E-state index contributed by atoms with van der Waals surface area (Å²) in [5, 5.41) is 12.8. The summed E-state index contributed by atoms with van der Waals surface area (Å²) in [5.74, 6) is 0.191. The molecule has 1 aromatic heterocycles. The Morgan fingerprint density at radius 1 is 1.00 bits per heavy atom. The van der Waals surface area contributed by atoms with Crippen LogP contribution in [0.2, 0.25) is 0 Å². The van der Waals surface area contributed by atoms with Crippen LogP contribution >= 0.6 is 0 Å². The van der Waals surface area contributed by atoms with Crippen molar-refractivity contribution in [2.24, 2.45) is 5.73 Å². The van der Waals surface area contributed by atoms with E-state index >= 15 is 4.39 Å². The zero-order chi connectivity index (χ0) is 30.0. The van der Waals surface area contributed by atoms with Crippen molar-refractivity contribution in [1.82, 2.24) is 19.8 Å². The number of phenolic OH excluding ortho intramolecular Hbond substituents is 1. The number of carbonyl (C=O) groups excluding carboxylic acids is 1. The first-order chi connectivity index (χ1) is 21.4. The van der Waals surface area contributed by atoms with Crippen LogP contribution in [0.15, 0.2) is 48.5 Å². The standard InChI is InChI=1S/C34H37FN6O3/c35-30-26(28-16-24(42)15-21-5-1-2-6-25(21)28)9-10-27-31(30)37-33(44-20-34-11-3-13-40(34)14-4-12-34)38-32(27)39-18-22-7-8-23(19-39)41(22)29(43)17-36/h1-2,5-6,9-10,15-16,22-23,42H,3-4,7-8,11-14,17-20,36H2. The van der Waals surface area contributed by atoms with E-state index in [9.17, 15) is 9.90 Å². The first-order valence-corrected chi connectivity index (χ1v) is 15.8. The molecule has 8 rings (SSSR count). The minimum Gasteiger partial charge on any atom is -0.508 e. The SMILES string of the molecule is NCC(=O)N1C2CCC1CN(c1nc(OCC34CCCN3CCC4)nc3c(F)c(-c4cc(O)cc5ccccc45)ccc13)C2. The van der Waals surface area contributed by atoms with Crippen LogP contribution in [0.1, 0.15) is 38.5 Å². The number of aromatic hydroxyl groups is 1. The lowest BCUT2D eigenvalue weighted by Gasteiger charge is -2.41. The van der Waals surface area contributed by atoms with E-state index in [2.05, 4.69) is 9.80 Å². The number of fused-ring (bicyclic) bond motifs is 5. The van der Waals surface area contributed by atoms with Gasteiger partial charge in [-0.3, -0.25) is 9.69 Å². The molecule has 2 atom stereocenters. The fourth-order valence-corrected chi connectivity index (χ4v) is 8.41. The molecule has 44 heavy (non-hydrogen) atoms. The average Bonchev–Trinajstić information content (AvgIpc) is 3.70. The number of nitrogens with two attached hydrogens (primary N) is 1. The number of rotatable bonds is 6. The summed E-state index contributed by atoms with van der Waals surface area (Å²) in [5.41, 5.74) is 6.87. The molecule has 3 aromatic carbocycles. The second kappa shape index (κ2) is 10.6. The van der Waals surface area contributed by atoms with Crippen LogP contribution in [0.25, 0.3) is 32.8 Å². The van der Waals surface area contributed by atoms with E-state index in [1.807, 2.05) is 35.2 Å². The predicted octanol–water partition coefficient (Wildman–Crippen LogP) is 4.44. The average molecular weight is 597 g/mol. The minimum absolute atomic E-state index is 0.00208. The van der Waals surface area contributed by atoms with Crippen LogP contribution in [-0.2, 0) is 4.79 Å². The van der Waals surface area contributed by atoms with Crippen molar-refractivity contribution in [3.05, 3.63) is 54.3 Å². The van der Waals surface area contributed by atoms with Gasteiger partial charge in [-0.15, -0.1) is 0 Å². The fourth-order valence-electron chi connectivity index (χ4n) is 8.41. The lowest BCUT2D eigenvalue weighted by molar-refractivity contribution is -0.133. The van der Waals surface area contributed by atoms with E-state index in [-0.39, 0.29) is 47.4 Å². The van der Waals surface area contributed by atoms with E-state index in [0.717, 1.165) is 62.4 Å². The van der Waals surface area contributed by atoms with E-state index in [4.69, 9.17) is 20.4 Å². The Kier molecular flexibility index (Phi) is 6.60. The minimum atomic E-state index is -0.479. The van der Waals surface area contributed by atoms with Crippen LogP contribution in [0.3, 0.4) is 0 Å². The van der Waals surface area contributed by atoms with Crippen molar-refractivity contribution in [3.8, 4) is 22.9 Å². The van der Waals surface area contributed by atoms with Gasteiger partial charge < -0.3 is 25.4 Å². The first kappa shape index (κ1) is 27.5. The summed E-state index contributed by atoms with van der Waals surface area (Å²) in [7, 11) is 0. The van der Waals surface area contributed by atoms with E-state index in [0.29, 0.717) is 42.0 Å². The molecule has 4 aliphatic heterocycles. The highest BCUT2D eigenvalue weighted by molar-refractivity contribution is 6.01. The van der Waals surface area contributed by atoms with Crippen LogP contribution in [0.5, 0.6) is 11.8 Å². The molecule has 3 N–H and O–H groups in total. The predicted molar refractivity (Wildman–Crippen MR) is 167 cm³/mol. The molecule has 9 nitrogen and oxygen atoms in total. The zero-order valence-corrected chi connectivity index (χ0v) is 24.7. The van der Waals surface area contributed by atoms with Gasteiger partial charge in [-0.1, -0.05) is 30.3 Å². The Bertz CT molecular complexity index is 1760. The van der Waals surface area contributed by atoms with Crippen molar-refractivity contribution < 1.29 is 19.0 Å². The van der Waals surface area contributed by atoms with Gasteiger partial charge >= 0.3 is 6.01 Å². The number of ether oxygens (including phenoxy) is 1. The van der Waals surface area contributed by atoms with Gasteiger partial charge in [0, 0.05) is 36.1 Å². The van der Waals surface area contributed by atoms with Crippen LogP contribution in [-0.4, -0.2) is 87.7 Å². The summed E-state index contributed by atoms with van der Waals surface area (Å²) in [6, 6.07) is 14.8. The summed E-state index contributed by atoms with van der Waals surface area (Å²) >= 11 is 0. The number of hydrogen-bond acceptors (Lipinski definition) is 8. The number of aromatic nitrogens is 2. The maximum atomic E-state index is 16.8. The highest BCUT2D eigenvalue weighted by atomic mass is 19.1. The highest BCUT2D eigenvalue weighted by Gasteiger charge is 2.45. The van der Waals surface area contributed by atoms with Crippen molar-refractivity contribution in [1.29, 1.82) is 0 Å². The molecule has 2 unspecified atom stereocenters. The van der Waals surface area contributed by atoms with Gasteiger partial charge in [0.25, 0.3) is 0 Å². The van der Waals surface area contributed by atoms with Crippen molar-refractivity contribution in [3.63, 3.8) is 0 Å². The molecule has 228 valence electrons. The lowest BCUT2D eigenvalue weighted by atomic mass is 9.95. The molecule has 0 spiro atoms. The van der Waals surface area contributed by atoms with Gasteiger partial charge in [-0.25, -0.2) is 4.39 Å². The van der Waals surface area contributed by atoms with Crippen molar-refractivity contribution in [2.45, 2.75) is 56.1 Å². The molecule has 4 fully saturated rings. The number of amides is 1. The number of phenols is 1. The molecule has 4 aromatic rings. The highest BCUT2D eigenvalue weighted by Crippen LogP contribution is 2.42. The quantitative estimate of drug-likeness (QED) is 0.337. The molecule has 0 radical (unpaired) electrons. The van der Waals surface area contributed by atoms with E-state index in [1.165, 1.54) is 0 Å². The van der Waals surface area contributed by atoms with Crippen molar-refractivity contribution >= 4 is 33.4 Å². The van der Waals surface area contributed by atoms with Gasteiger partial charge in [0.15, 0.2) is 5.82 Å². The van der Waals surface area contributed by atoms with Gasteiger partial charge in [-0.05, 0) is 86.1 Å². The summed E-state index contributed by atoms with van der Waals surface area (Å²) < 4.78 is 23.1. The Labute approximate surface area is 255 Å². The Hall–Kier alpha value is -4.02. The van der Waals surface area contributed by atoms with Gasteiger partial charge in [0.1, 0.15) is 23.7 Å². The molecule has 10 heteroatoms. The molecule has 2 bridgehead atoms. The molecule has 4 aliphatic rings. The van der Waals surface area contributed by atoms with Crippen molar-refractivity contribution in [2.75, 3.05) is 44.2 Å². The Morgan fingerprint density at radius 3 is 2.50 bits per heavy atom. The first-order valence-electron chi connectivity index (χ1n) is 15.8. The molecule has 4 saturated heterocycles.